The molecule has 1 aromatic carbocycles. The first-order valence-electron chi connectivity index (χ1n) is 6.45. The minimum Gasteiger partial charge on any atom is -0.377 e. The summed E-state index contributed by atoms with van der Waals surface area (Å²) >= 11 is 0. The lowest BCUT2D eigenvalue weighted by molar-refractivity contribution is 0.826. The van der Waals surface area contributed by atoms with Crippen LogP contribution in [-0.2, 0) is 0 Å². The Morgan fingerprint density at radius 1 is 1.10 bits per heavy atom. The van der Waals surface area contributed by atoms with Crippen LogP contribution in [0.25, 0.3) is 5.69 Å². The lowest BCUT2D eigenvalue weighted by Crippen LogP contribution is -2.08. The van der Waals surface area contributed by atoms with Crippen LogP contribution in [0.5, 0.6) is 0 Å². The molecular weight excluding hydrogens is 250 g/mol. The lowest BCUT2D eigenvalue weighted by atomic mass is 10.2. The number of rotatable bonds is 4. The molecule has 0 saturated heterocycles. The molecule has 0 bridgehead atoms. The number of anilines is 1. The number of benzene rings is 1. The van der Waals surface area contributed by atoms with E-state index in [1.165, 1.54) is 0 Å². The Morgan fingerprint density at radius 3 is 2.60 bits per heavy atom. The third-order valence-electron chi connectivity index (χ3n) is 3.05. The molecule has 1 unspecified atom stereocenters. The molecule has 5 heteroatoms. The smallest absolute Gasteiger partial charge is 0.0806 e. The highest BCUT2D eigenvalue weighted by Crippen LogP contribution is 2.18. The molecule has 100 valence electrons. The molecule has 0 aliphatic heterocycles. The first kappa shape index (κ1) is 12.3. The van der Waals surface area contributed by atoms with E-state index in [9.17, 15) is 0 Å². The first-order valence-corrected chi connectivity index (χ1v) is 6.45. The van der Waals surface area contributed by atoms with Gasteiger partial charge in [-0.3, -0.25) is 9.97 Å². The maximum Gasteiger partial charge on any atom is 0.0806 e. The average Bonchev–Trinajstić information content (AvgIpc) is 3.03. The van der Waals surface area contributed by atoms with Crippen LogP contribution in [0.1, 0.15) is 18.7 Å². The van der Waals surface area contributed by atoms with Crippen molar-refractivity contribution in [1.82, 2.24) is 19.7 Å². The Kier molecular flexibility index (Phi) is 3.41. The quantitative estimate of drug-likeness (QED) is 0.788. The van der Waals surface area contributed by atoms with E-state index in [1.54, 1.807) is 24.8 Å². The highest BCUT2D eigenvalue weighted by molar-refractivity contribution is 5.49. The Hall–Kier alpha value is -2.69. The van der Waals surface area contributed by atoms with E-state index in [1.807, 2.05) is 41.2 Å². The fourth-order valence-corrected chi connectivity index (χ4v) is 1.99. The number of hydrogen-bond donors (Lipinski definition) is 1. The minimum atomic E-state index is 0.110. The third-order valence-corrected chi connectivity index (χ3v) is 3.05. The molecule has 3 rings (SSSR count). The Labute approximate surface area is 117 Å². The van der Waals surface area contributed by atoms with Gasteiger partial charge in [-0.2, -0.15) is 5.10 Å². The van der Waals surface area contributed by atoms with Crippen LogP contribution >= 0.6 is 0 Å². The molecule has 0 aliphatic rings. The Bertz CT molecular complexity index is 647. The average molecular weight is 265 g/mol. The lowest BCUT2D eigenvalue weighted by Gasteiger charge is -2.14. The fourth-order valence-electron chi connectivity index (χ4n) is 1.99. The zero-order valence-electron chi connectivity index (χ0n) is 11.1. The summed E-state index contributed by atoms with van der Waals surface area (Å²) in [6, 6.07) is 10.1. The molecule has 2 aromatic heterocycles. The number of hydrogen-bond acceptors (Lipinski definition) is 4. The second kappa shape index (κ2) is 5.52. The molecule has 0 radical (unpaired) electrons. The fraction of sp³-hybridized carbons (Fsp3) is 0.133. The maximum atomic E-state index is 4.29. The molecular formula is C15H15N5. The normalized spacial score (nSPS) is 12.1. The Morgan fingerprint density at radius 2 is 1.95 bits per heavy atom. The molecule has 20 heavy (non-hydrogen) atoms. The van der Waals surface area contributed by atoms with Crippen molar-refractivity contribution in [2.24, 2.45) is 0 Å². The molecule has 0 fully saturated rings. The predicted molar refractivity (Wildman–Crippen MR) is 77.6 cm³/mol. The molecule has 0 spiro atoms. The van der Waals surface area contributed by atoms with Gasteiger partial charge in [0.1, 0.15) is 0 Å². The highest BCUT2D eigenvalue weighted by atomic mass is 15.3. The summed E-state index contributed by atoms with van der Waals surface area (Å²) in [5, 5.41) is 7.60. The van der Waals surface area contributed by atoms with Gasteiger partial charge >= 0.3 is 0 Å². The van der Waals surface area contributed by atoms with Crippen molar-refractivity contribution in [3.63, 3.8) is 0 Å². The van der Waals surface area contributed by atoms with Crippen LogP contribution in [0.15, 0.2) is 61.3 Å². The minimum absolute atomic E-state index is 0.110. The SMILES string of the molecule is CC(Nc1ccc(-n2cccn2)cc1)c1cnccn1. The molecule has 0 amide bonds. The van der Waals surface area contributed by atoms with E-state index in [-0.39, 0.29) is 6.04 Å². The number of aromatic nitrogens is 4. The van der Waals surface area contributed by atoms with Gasteiger partial charge < -0.3 is 5.32 Å². The monoisotopic (exact) mass is 265 g/mol. The first-order chi connectivity index (χ1) is 9.83. The summed E-state index contributed by atoms with van der Waals surface area (Å²) in [6.45, 7) is 2.06. The molecule has 1 N–H and O–H groups in total. The van der Waals surface area contributed by atoms with Crippen LogP contribution in [0.3, 0.4) is 0 Å². The third kappa shape index (κ3) is 2.66. The van der Waals surface area contributed by atoms with Gasteiger partial charge in [0.2, 0.25) is 0 Å². The zero-order chi connectivity index (χ0) is 13.8. The number of nitrogens with one attached hydrogen (secondary N) is 1. The van der Waals surface area contributed by atoms with E-state index in [0.29, 0.717) is 0 Å². The molecule has 0 saturated carbocycles. The van der Waals surface area contributed by atoms with Gasteiger partial charge in [-0.25, -0.2) is 4.68 Å². The molecule has 2 heterocycles. The van der Waals surface area contributed by atoms with Crippen molar-refractivity contribution in [2.75, 3.05) is 5.32 Å². The summed E-state index contributed by atoms with van der Waals surface area (Å²) in [6.07, 6.45) is 8.84. The molecule has 3 aromatic rings. The Balaban J connectivity index is 1.72. The van der Waals surface area contributed by atoms with E-state index >= 15 is 0 Å². The van der Waals surface area contributed by atoms with Crippen LogP contribution in [0, 0.1) is 0 Å². The molecule has 5 nitrogen and oxygen atoms in total. The summed E-state index contributed by atoms with van der Waals surface area (Å²) in [7, 11) is 0. The maximum absolute atomic E-state index is 4.29. The summed E-state index contributed by atoms with van der Waals surface area (Å²) in [5.74, 6) is 0. The molecule has 1 atom stereocenters. The van der Waals surface area contributed by atoms with Crippen LogP contribution in [0.4, 0.5) is 5.69 Å². The van der Waals surface area contributed by atoms with E-state index in [4.69, 9.17) is 0 Å². The molecule has 0 aliphatic carbocycles. The van der Waals surface area contributed by atoms with Gasteiger partial charge in [0, 0.05) is 30.5 Å². The standard InChI is InChI=1S/C15H15N5/c1-12(15-11-16-8-9-17-15)19-13-3-5-14(6-4-13)20-10-2-7-18-20/h2-12,19H,1H3. The van der Waals surface area contributed by atoms with Gasteiger partial charge in [0.25, 0.3) is 0 Å². The summed E-state index contributed by atoms with van der Waals surface area (Å²) in [4.78, 5) is 8.38. The number of nitrogens with zero attached hydrogens (tertiary/aromatic N) is 4. The van der Waals surface area contributed by atoms with Crippen molar-refractivity contribution < 1.29 is 0 Å². The van der Waals surface area contributed by atoms with Crippen molar-refractivity contribution >= 4 is 5.69 Å². The van der Waals surface area contributed by atoms with Gasteiger partial charge in [-0.1, -0.05) is 0 Å². The van der Waals surface area contributed by atoms with Crippen LogP contribution in [-0.4, -0.2) is 19.7 Å². The largest absolute Gasteiger partial charge is 0.377 e. The second-order valence-electron chi connectivity index (χ2n) is 4.49. The van der Waals surface area contributed by atoms with Crippen molar-refractivity contribution in [1.29, 1.82) is 0 Å². The van der Waals surface area contributed by atoms with Crippen molar-refractivity contribution in [3.05, 3.63) is 67.0 Å². The van der Waals surface area contributed by atoms with Crippen LogP contribution in [0.2, 0.25) is 0 Å². The van der Waals surface area contributed by atoms with E-state index in [2.05, 4.69) is 27.3 Å². The highest BCUT2D eigenvalue weighted by Gasteiger charge is 2.06. The van der Waals surface area contributed by atoms with E-state index in [0.717, 1.165) is 17.1 Å². The van der Waals surface area contributed by atoms with Crippen molar-refractivity contribution in [3.8, 4) is 5.69 Å². The topological polar surface area (TPSA) is 55.6 Å². The van der Waals surface area contributed by atoms with E-state index < -0.39 is 0 Å². The van der Waals surface area contributed by atoms with Crippen molar-refractivity contribution in [2.45, 2.75) is 13.0 Å². The van der Waals surface area contributed by atoms with Gasteiger partial charge in [-0.05, 0) is 37.3 Å². The second-order valence-corrected chi connectivity index (χ2v) is 4.49. The summed E-state index contributed by atoms with van der Waals surface area (Å²) in [5.41, 5.74) is 3.00. The summed E-state index contributed by atoms with van der Waals surface area (Å²) < 4.78 is 1.83. The van der Waals surface area contributed by atoms with Gasteiger partial charge in [0.05, 0.1) is 23.6 Å². The van der Waals surface area contributed by atoms with Crippen LogP contribution < -0.4 is 5.32 Å². The zero-order valence-corrected chi connectivity index (χ0v) is 11.1. The van der Waals surface area contributed by atoms with Gasteiger partial charge in [-0.15, -0.1) is 0 Å². The van der Waals surface area contributed by atoms with Gasteiger partial charge in [0.15, 0.2) is 0 Å². The predicted octanol–water partition coefficient (Wildman–Crippen LogP) is 2.84.